The molecule has 24 heavy (non-hydrogen) atoms. The molecule has 0 spiro atoms. The van der Waals surface area contributed by atoms with E-state index in [0.717, 1.165) is 25.0 Å². The maximum absolute atomic E-state index is 13.0. The number of carbonyl (C=O) groups is 2. The Morgan fingerprint density at radius 1 is 1.29 bits per heavy atom. The maximum Gasteiger partial charge on any atom is 0.416 e. The summed E-state index contributed by atoms with van der Waals surface area (Å²) in [6, 6.07) is 2.48. The Balaban J connectivity index is 2.26. The molecule has 0 heterocycles. The van der Waals surface area contributed by atoms with Crippen molar-refractivity contribution < 1.29 is 27.9 Å². The van der Waals surface area contributed by atoms with Crippen LogP contribution in [-0.2, 0) is 11.0 Å². The number of rotatable bonds is 6. The minimum absolute atomic E-state index is 0.0902. The highest BCUT2D eigenvalue weighted by molar-refractivity contribution is 5.97. The van der Waals surface area contributed by atoms with E-state index in [9.17, 15) is 22.8 Å². The maximum atomic E-state index is 13.0. The van der Waals surface area contributed by atoms with Crippen LogP contribution < -0.4 is 10.6 Å². The van der Waals surface area contributed by atoms with Crippen molar-refractivity contribution in [2.75, 3.05) is 11.9 Å². The van der Waals surface area contributed by atoms with Crippen LogP contribution in [0, 0.1) is 5.92 Å². The molecule has 0 aromatic heterocycles. The molecule has 2 rings (SSSR count). The molecular weight excluding hydrogens is 325 g/mol. The Labute approximate surface area is 137 Å². The molecule has 8 heteroatoms. The number of anilines is 1. The SMILES string of the molecule is CC(=O)Nc1cc(C(=O)NC(CCO)C2CC2)cc(C(F)(F)F)c1. The van der Waals surface area contributed by atoms with Gasteiger partial charge in [-0.05, 0) is 43.4 Å². The predicted molar refractivity (Wildman–Crippen MR) is 81.4 cm³/mol. The number of nitrogens with one attached hydrogen (secondary N) is 2. The second kappa shape index (κ2) is 7.21. The van der Waals surface area contributed by atoms with Gasteiger partial charge >= 0.3 is 6.18 Å². The lowest BCUT2D eigenvalue weighted by Crippen LogP contribution is -2.37. The molecule has 1 saturated carbocycles. The van der Waals surface area contributed by atoms with Gasteiger partial charge in [0, 0.05) is 30.8 Å². The van der Waals surface area contributed by atoms with E-state index in [-0.39, 0.29) is 29.8 Å². The van der Waals surface area contributed by atoms with Crippen molar-refractivity contribution in [1.29, 1.82) is 0 Å². The first kappa shape index (κ1) is 18.3. The van der Waals surface area contributed by atoms with Crippen molar-refractivity contribution in [2.45, 2.75) is 38.4 Å². The number of carbonyl (C=O) groups excluding carboxylic acids is 2. The highest BCUT2D eigenvalue weighted by Crippen LogP contribution is 2.35. The first-order valence-electron chi connectivity index (χ1n) is 7.62. The van der Waals surface area contributed by atoms with Gasteiger partial charge in [0.05, 0.1) is 5.56 Å². The zero-order chi connectivity index (χ0) is 17.9. The summed E-state index contributed by atoms with van der Waals surface area (Å²) in [5.41, 5.74) is -1.28. The number of hydrogen-bond donors (Lipinski definition) is 3. The molecule has 0 bridgehead atoms. The molecule has 1 aliphatic carbocycles. The first-order valence-corrected chi connectivity index (χ1v) is 7.62. The zero-order valence-electron chi connectivity index (χ0n) is 13.1. The van der Waals surface area contributed by atoms with Gasteiger partial charge in [0.25, 0.3) is 5.91 Å². The quantitative estimate of drug-likeness (QED) is 0.742. The van der Waals surface area contributed by atoms with Crippen LogP contribution in [-0.4, -0.2) is 29.6 Å². The van der Waals surface area contributed by atoms with Crippen molar-refractivity contribution in [3.8, 4) is 0 Å². The van der Waals surface area contributed by atoms with Gasteiger partial charge in [-0.3, -0.25) is 9.59 Å². The lowest BCUT2D eigenvalue weighted by Gasteiger charge is -2.18. The lowest BCUT2D eigenvalue weighted by atomic mass is 10.1. The summed E-state index contributed by atoms with van der Waals surface area (Å²) >= 11 is 0. The molecule has 1 aliphatic rings. The van der Waals surface area contributed by atoms with E-state index < -0.39 is 23.6 Å². The standard InChI is InChI=1S/C16H19F3N2O3/c1-9(23)20-13-7-11(6-12(8-13)16(17,18)19)15(24)21-14(4-5-22)10-2-3-10/h6-8,10,14,22H,2-5H2,1H3,(H,20,23)(H,21,24). The van der Waals surface area contributed by atoms with Crippen LogP contribution in [0.3, 0.4) is 0 Å². The number of aliphatic hydroxyl groups excluding tert-OH is 1. The van der Waals surface area contributed by atoms with Crippen molar-refractivity contribution in [3.05, 3.63) is 29.3 Å². The second-order valence-electron chi connectivity index (χ2n) is 5.91. The molecule has 1 aromatic carbocycles. The van der Waals surface area contributed by atoms with E-state index in [2.05, 4.69) is 10.6 Å². The molecular formula is C16H19F3N2O3. The van der Waals surface area contributed by atoms with Gasteiger partial charge in [-0.1, -0.05) is 0 Å². The molecule has 5 nitrogen and oxygen atoms in total. The Kier molecular flexibility index (Phi) is 5.48. The summed E-state index contributed by atoms with van der Waals surface area (Å²) in [7, 11) is 0. The largest absolute Gasteiger partial charge is 0.416 e. The van der Waals surface area contributed by atoms with Crippen LogP contribution in [0.1, 0.15) is 42.1 Å². The Hall–Kier alpha value is -2.09. The summed E-state index contributed by atoms with van der Waals surface area (Å²) in [6.45, 7) is 1.06. The summed E-state index contributed by atoms with van der Waals surface area (Å²) < 4.78 is 39.0. The van der Waals surface area contributed by atoms with E-state index in [1.54, 1.807) is 0 Å². The molecule has 2 amide bonds. The molecule has 0 radical (unpaired) electrons. The Bertz CT molecular complexity index is 627. The van der Waals surface area contributed by atoms with Crippen LogP contribution in [0.4, 0.5) is 18.9 Å². The molecule has 0 aliphatic heterocycles. The van der Waals surface area contributed by atoms with Crippen molar-refractivity contribution >= 4 is 17.5 Å². The summed E-state index contributed by atoms with van der Waals surface area (Å²) in [5, 5.41) is 14.0. The Morgan fingerprint density at radius 3 is 2.46 bits per heavy atom. The van der Waals surface area contributed by atoms with Crippen LogP contribution in [0.25, 0.3) is 0 Å². The summed E-state index contributed by atoms with van der Waals surface area (Å²) in [6.07, 6.45) is -2.44. The molecule has 1 unspecified atom stereocenters. The number of aliphatic hydroxyl groups is 1. The lowest BCUT2D eigenvalue weighted by molar-refractivity contribution is -0.137. The van der Waals surface area contributed by atoms with Crippen LogP contribution in [0.5, 0.6) is 0 Å². The summed E-state index contributed by atoms with van der Waals surface area (Å²) in [4.78, 5) is 23.4. The summed E-state index contributed by atoms with van der Waals surface area (Å²) in [5.74, 6) is -0.934. The van der Waals surface area contributed by atoms with E-state index >= 15 is 0 Å². The normalized spacial score (nSPS) is 15.7. The number of alkyl halides is 3. The molecule has 132 valence electrons. The number of amides is 2. The van der Waals surface area contributed by atoms with Gasteiger partial charge in [0.1, 0.15) is 0 Å². The highest BCUT2D eigenvalue weighted by Gasteiger charge is 2.34. The number of halogens is 3. The fourth-order valence-corrected chi connectivity index (χ4v) is 2.51. The van der Waals surface area contributed by atoms with Gasteiger partial charge in [-0.2, -0.15) is 13.2 Å². The third-order valence-corrected chi connectivity index (χ3v) is 3.79. The average Bonchev–Trinajstić information content (AvgIpc) is 3.29. The minimum atomic E-state index is -4.63. The van der Waals surface area contributed by atoms with Gasteiger partial charge < -0.3 is 15.7 Å². The van der Waals surface area contributed by atoms with E-state index in [1.165, 1.54) is 13.0 Å². The fourth-order valence-electron chi connectivity index (χ4n) is 2.51. The van der Waals surface area contributed by atoms with Gasteiger partial charge in [-0.25, -0.2) is 0 Å². The van der Waals surface area contributed by atoms with Crippen molar-refractivity contribution in [3.63, 3.8) is 0 Å². The van der Waals surface area contributed by atoms with Crippen LogP contribution in [0.2, 0.25) is 0 Å². The smallest absolute Gasteiger partial charge is 0.396 e. The van der Waals surface area contributed by atoms with Gasteiger partial charge in [0.2, 0.25) is 5.91 Å². The van der Waals surface area contributed by atoms with Crippen LogP contribution in [0.15, 0.2) is 18.2 Å². The molecule has 1 aromatic rings. The predicted octanol–water partition coefficient (Wildman–Crippen LogP) is 2.55. The zero-order valence-corrected chi connectivity index (χ0v) is 13.1. The highest BCUT2D eigenvalue weighted by atomic mass is 19.4. The molecule has 1 atom stereocenters. The topological polar surface area (TPSA) is 78.4 Å². The van der Waals surface area contributed by atoms with Gasteiger partial charge in [0.15, 0.2) is 0 Å². The molecule has 1 fully saturated rings. The third kappa shape index (κ3) is 4.95. The van der Waals surface area contributed by atoms with Crippen molar-refractivity contribution in [2.24, 2.45) is 5.92 Å². The van der Waals surface area contributed by atoms with Crippen LogP contribution >= 0.6 is 0 Å². The van der Waals surface area contributed by atoms with E-state index in [0.29, 0.717) is 6.42 Å². The average molecular weight is 344 g/mol. The first-order chi connectivity index (χ1) is 11.2. The monoisotopic (exact) mass is 344 g/mol. The fraction of sp³-hybridized carbons (Fsp3) is 0.500. The van der Waals surface area contributed by atoms with E-state index in [1.807, 2.05) is 0 Å². The van der Waals surface area contributed by atoms with E-state index in [4.69, 9.17) is 5.11 Å². The molecule has 0 saturated heterocycles. The molecule has 3 N–H and O–H groups in total. The van der Waals surface area contributed by atoms with Gasteiger partial charge in [-0.15, -0.1) is 0 Å². The second-order valence-corrected chi connectivity index (χ2v) is 5.91. The third-order valence-electron chi connectivity index (χ3n) is 3.79. The minimum Gasteiger partial charge on any atom is -0.396 e. The number of benzene rings is 1. The Morgan fingerprint density at radius 2 is 1.96 bits per heavy atom. The number of hydrogen-bond acceptors (Lipinski definition) is 3. The van der Waals surface area contributed by atoms with Crippen molar-refractivity contribution in [1.82, 2.24) is 5.32 Å².